The molecule has 0 aliphatic carbocycles. The minimum absolute atomic E-state index is 0.264. The van der Waals surface area contributed by atoms with E-state index in [0.29, 0.717) is 12.2 Å². The molecule has 0 saturated carbocycles. The van der Waals surface area contributed by atoms with E-state index < -0.39 is 11.7 Å². The van der Waals surface area contributed by atoms with Crippen molar-refractivity contribution in [3.63, 3.8) is 0 Å². The van der Waals surface area contributed by atoms with Gasteiger partial charge in [0, 0.05) is 0 Å². The zero-order chi connectivity index (χ0) is 13.8. The molecule has 1 unspecified atom stereocenters. The lowest BCUT2D eigenvalue weighted by Gasteiger charge is -2.14. The summed E-state index contributed by atoms with van der Waals surface area (Å²) in [6.07, 6.45) is 0.269. The molecule has 0 bridgehead atoms. The van der Waals surface area contributed by atoms with Crippen molar-refractivity contribution in [3.05, 3.63) is 41.5 Å². The molecule has 0 spiro atoms. The molecule has 0 heterocycles. The Morgan fingerprint density at radius 2 is 2.00 bits per heavy atom. The van der Waals surface area contributed by atoms with Gasteiger partial charge in [-0.1, -0.05) is 25.1 Å². The lowest BCUT2D eigenvalue weighted by Crippen LogP contribution is -2.07. The maximum atomic E-state index is 12.6. The Balaban J connectivity index is 3.01. The largest absolute Gasteiger partial charge is 0.496 e. The first-order chi connectivity index (χ1) is 8.38. The summed E-state index contributed by atoms with van der Waals surface area (Å²) in [7, 11) is 1.39. The Hall–Kier alpha value is -1.45. The molecule has 100 valence electrons. The van der Waals surface area contributed by atoms with Crippen molar-refractivity contribution in [1.29, 1.82) is 0 Å². The monoisotopic (exact) mass is 258 g/mol. The van der Waals surface area contributed by atoms with E-state index in [1.807, 2.05) is 26.0 Å². The third kappa shape index (κ3) is 3.79. The summed E-state index contributed by atoms with van der Waals surface area (Å²) >= 11 is 0. The second-order valence-corrected chi connectivity index (χ2v) is 4.23. The topological polar surface area (TPSA) is 9.23 Å². The molecule has 18 heavy (non-hydrogen) atoms. The van der Waals surface area contributed by atoms with Gasteiger partial charge in [0.15, 0.2) is 0 Å². The Bertz CT molecular complexity index is 422. The highest BCUT2D eigenvalue weighted by atomic mass is 19.4. The van der Waals surface area contributed by atoms with E-state index in [0.717, 1.165) is 17.7 Å². The Morgan fingerprint density at radius 3 is 2.50 bits per heavy atom. The van der Waals surface area contributed by atoms with Crippen molar-refractivity contribution in [1.82, 2.24) is 0 Å². The number of benzene rings is 1. The average molecular weight is 258 g/mol. The molecular formula is C14H17F3O. The lowest BCUT2D eigenvalue weighted by molar-refractivity contribution is -0.137. The summed E-state index contributed by atoms with van der Waals surface area (Å²) in [6.45, 7) is 3.93. The van der Waals surface area contributed by atoms with E-state index in [-0.39, 0.29) is 5.92 Å². The number of ether oxygens (including phenoxy) is 1. The molecule has 1 aromatic rings. The molecule has 0 N–H and O–H groups in total. The van der Waals surface area contributed by atoms with Crippen LogP contribution in [0.15, 0.2) is 30.4 Å². The third-order valence-electron chi connectivity index (χ3n) is 2.68. The van der Waals surface area contributed by atoms with E-state index in [4.69, 9.17) is 4.74 Å². The van der Waals surface area contributed by atoms with Crippen LogP contribution in [0.4, 0.5) is 13.2 Å². The molecule has 0 aliphatic rings. The van der Waals surface area contributed by atoms with Gasteiger partial charge < -0.3 is 4.74 Å². The predicted molar refractivity (Wildman–Crippen MR) is 65.7 cm³/mol. The molecule has 0 radical (unpaired) electrons. The molecule has 1 atom stereocenters. The standard InChI is InChI=1S/C14H17F3O/c1-4-5-10(2)8-11-6-7-12(14(15,16)17)9-13(11)18-3/h4-7,9-10H,8H2,1-3H3/b5-4-. The highest BCUT2D eigenvalue weighted by Gasteiger charge is 2.31. The van der Waals surface area contributed by atoms with Gasteiger partial charge in [-0.2, -0.15) is 13.2 Å². The summed E-state index contributed by atoms with van der Waals surface area (Å²) in [6, 6.07) is 3.64. The van der Waals surface area contributed by atoms with Crippen LogP contribution in [0.1, 0.15) is 25.0 Å². The van der Waals surface area contributed by atoms with Crippen LogP contribution in [-0.2, 0) is 12.6 Å². The quantitative estimate of drug-likeness (QED) is 0.724. The van der Waals surface area contributed by atoms with Crippen LogP contribution in [0.25, 0.3) is 0 Å². The summed E-state index contributed by atoms with van der Waals surface area (Å²) in [4.78, 5) is 0. The Labute approximate surface area is 105 Å². The fraction of sp³-hybridized carbons (Fsp3) is 0.429. The molecular weight excluding hydrogens is 241 g/mol. The highest BCUT2D eigenvalue weighted by molar-refractivity contribution is 5.39. The van der Waals surface area contributed by atoms with Crippen LogP contribution in [0.3, 0.4) is 0 Å². The van der Waals surface area contributed by atoms with Crippen molar-refractivity contribution >= 4 is 0 Å². The van der Waals surface area contributed by atoms with E-state index in [2.05, 4.69) is 0 Å². The number of methoxy groups -OCH3 is 1. The van der Waals surface area contributed by atoms with Gasteiger partial charge in [-0.05, 0) is 37.0 Å². The first-order valence-electron chi connectivity index (χ1n) is 5.75. The Morgan fingerprint density at radius 1 is 1.33 bits per heavy atom. The normalized spacial score (nSPS) is 13.9. The second-order valence-electron chi connectivity index (χ2n) is 4.23. The summed E-state index contributed by atoms with van der Waals surface area (Å²) in [5.74, 6) is 0.557. The first-order valence-corrected chi connectivity index (χ1v) is 5.75. The van der Waals surface area contributed by atoms with E-state index in [9.17, 15) is 13.2 Å². The lowest BCUT2D eigenvalue weighted by atomic mass is 9.98. The van der Waals surface area contributed by atoms with Gasteiger partial charge in [0.1, 0.15) is 5.75 Å². The van der Waals surface area contributed by atoms with E-state index in [1.54, 1.807) is 0 Å². The number of allylic oxidation sites excluding steroid dienone is 2. The van der Waals surface area contributed by atoms with Gasteiger partial charge in [-0.3, -0.25) is 0 Å². The van der Waals surface area contributed by atoms with Crippen LogP contribution < -0.4 is 4.74 Å². The number of hydrogen-bond donors (Lipinski definition) is 0. The van der Waals surface area contributed by atoms with Gasteiger partial charge in [-0.15, -0.1) is 0 Å². The molecule has 0 saturated heterocycles. The van der Waals surface area contributed by atoms with Gasteiger partial charge in [0.05, 0.1) is 12.7 Å². The van der Waals surface area contributed by atoms with Crippen LogP contribution >= 0.6 is 0 Å². The molecule has 0 aliphatic heterocycles. The number of hydrogen-bond acceptors (Lipinski definition) is 1. The number of alkyl halides is 3. The summed E-state index contributed by atoms with van der Waals surface area (Å²) in [5.41, 5.74) is 0.109. The smallest absolute Gasteiger partial charge is 0.416 e. The number of halogens is 3. The molecule has 0 amide bonds. The molecule has 0 aromatic heterocycles. The van der Waals surface area contributed by atoms with E-state index >= 15 is 0 Å². The van der Waals surface area contributed by atoms with Crippen molar-refractivity contribution in [2.24, 2.45) is 5.92 Å². The maximum Gasteiger partial charge on any atom is 0.416 e. The van der Waals surface area contributed by atoms with Crippen molar-refractivity contribution < 1.29 is 17.9 Å². The minimum atomic E-state index is -4.33. The van der Waals surface area contributed by atoms with Crippen molar-refractivity contribution in [3.8, 4) is 5.75 Å². The maximum absolute atomic E-state index is 12.6. The van der Waals surface area contributed by atoms with Gasteiger partial charge in [0.2, 0.25) is 0 Å². The SMILES string of the molecule is C/C=C\C(C)Cc1ccc(C(F)(F)F)cc1OC. The van der Waals surface area contributed by atoms with Gasteiger partial charge >= 0.3 is 6.18 Å². The van der Waals surface area contributed by atoms with E-state index in [1.165, 1.54) is 13.2 Å². The predicted octanol–water partition coefficient (Wildman–Crippen LogP) is 4.47. The summed E-state index contributed by atoms with van der Waals surface area (Å²) in [5, 5.41) is 0. The van der Waals surface area contributed by atoms with Crippen LogP contribution in [0.2, 0.25) is 0 Å². The molecule has 0 fully saturated rings. The minimum Gasteiger partial charge on any atom is -0.496 e. The van der Waals surface area contributed by atoms with Crippen LogP contribution in [0.5, 0.6) is 5.75 Å². The Kier molecular flexibility index (Phi) is 4.82. The average Bonchev–Trinajstić information content (AvgIpc) is 2.28. The molecule has 1 rings (SSSR count). The number of rotatable bonds is 4. The van der Waals surface area contributed by atoms with Crippen molar-refractivity contribution in [2.45, 2.75) is 26.4 Å². The zero-order valence-corrected chi connectivity index (χ0v) is 10.7. The fourth-order valence-corrected chi connectivity index (χ4v) is 1.83. The van der Waals surface area contributed by atoms with Crippen LogP contribution in [-0.4, -0.2) is 7.11 Å². The van der Waals surface area contributed by atoms with Crippen LogP contribution in [0, 0.1) is 5.92 Å². The first kappa shape index (κ1) is 14.6. The van der Waals surface area contributed by atoms with Gasteiger partial charge in [0.25, 0.3) is 0 Å². The zero-order valence-electron chi connectivity index (χ0n) is 10.7. The summed E-state index contributed by atoms with van der Waals surface area (Å²) < 4.78 is 42.7. The second kappa shape index (κ2) is 5.94. The molecule has 1 aromatic carbocycles. The third-order valence-corrected chi connectivity index (χ3v) is 2.68. The highest BCUT2D eigenvalue weighted by Crippen LogP contribution is 2.33. The fourth-order valence-electron chi connectivity index (χ4n) is 1.83. The van der Waals surface area contributed by atoms with Gasteiger partial charge in [-0.25, -0.2) is 0 Å². The molecule has 4 heteroatoms. The molecule has 1 nitrogen and oxygen atoms in total. The van der Waals surface area contributed by atoms with Crippen molar-refractivity contribution in [2.75, 3.05) is 7.11 Å².